The Hall–Kier alpha value is -4.68. The van der Waals surface area contributed by atoms with E-state index >= 15 is 0 Å². The summed E-state index contributed by atoms with van der Waals surface area (Å²) in [5, 5.41) is 28.2. The van der Waals surface area contributed by atoms with E-state index < -0.39 is 0 Å². The van der Waals surface area contributed by atoms with Gasteiger partial charge in [-0.2, -0.15) is 21.5 Å². The van der Waals surface area contributed by atoms with E-state index in [2.05, 4.69) is 34.7 Å². The highest BCUT2D eigenvalue weighted by Gasteiger charge is 2.36. The number of thioether (sulfide) groups is 1. The number of carbonyl (C=O) groups is 1. The Morgan fingerprint density at radius 3 is 2.67 bits per heavy atom. The van der Waals surface area contributed by atoms with Crippen LogP contribution in [0.5, 0.6) is 5.75 Å². The molecule has 0 fully saturated rings. The van der Waals surface area contributed by atoms with Crippen molar-refractivity contribution in [3.63, 3.8) is 0 Å². The van der Waals surface area contributed by atoms with Crippen molar-refractivity contribution in [2.24, 2.45) is 5.10 Å². The lowest BCUT2D eigenvalue weighted by Crippen LogP contribution is -2.42. The van der Waals surface area contributed by atoms with Crippen molar-refractivity contribution in [3.05, 3.63) is 103 Å². The maximum Gasteiger partial charge on any atom is 0.406 e. The van der Waals surface area contributed by atoms with Crippen molar-refractivity contribution in [1.82, 2.24) is 20.8 Å². The molecule has 0 bridgehead atoms. The molecule has 2 aromatic heterocycles. The van der Waals surface area contributed by atoms with Crippen LogP contribution in [0.25, 0.3) is 17.0 Å². The average molecular weight is 642 g/mol. The quantitative estimate of drug-likeness (QED) is 0.150. The Morgan fingerprint density at radius 2 is 1.87 bits per heavy atom. The molecule has 5 aromatic rings. The maximum atomic E-state index is 14.5. The highest BCUT2D eigenvalue weighted by molar-refractivity contribution is 8.00. The number of hydrogen-bond donors (Lipinski definition) is 4. The van der Waals surface area contributed by atoms with Gasteiger partial charge in [0.1, 0.15) is 11.6 Å². The molecular formula is C33H32FN7O2S2+2. The smallest absolute Gasteiger partial charge is 0.406 e. The van der Waals surface area contributed by atoms with Crippen LogP contribution in [-0.2, 0) is 6.54 Å². The number of nitrogens with zero attached hydrogens (tertiary/aromatic N) is 4. The molecule has 1 aliphatic rings. The Balaban J connectivity index is 1.18. The number of aromatic hydroxyl groups is 1. The third-order valence-corrected chi connectivity index (χ3v) is 9.88. The van der Waals surface area contributed by atoms with Gasteiger partial charge in [0, 0.05) is 33.6 Å². The summed E-state index contributed by atoms with van der Waals surface area (Å²) in [6.45, 7) is 4.48. The molecule has 12 heteroatoms. The number of fused-ring (bicyclic) bond motifs is 1. The minimum atomic E-state index is -0.363. The molecule has 0 saturated heterocycles. The van der Waals surface area contributed by atoms with Crippen LogP contribution in [0.2, 0.25) is 0 Å². The third-order valence-electron chi connectivity index (χ3n) is 7.53. The second-order valence-electron chi connectivity index (χ2n) is 10.9. The van der Waals surface area contributed by atoms with Crippen LogP contribution in [-0.4, -0.2) is 48.6 Å². The Kier molecular flexibility index (Phi) is 8.59. The van der Waals surface area contributed by atoms with E-state index in [-0.39, 0.29) is 22.3 Å². The molecular weight excluding hydrogens is 610 g/mol. The number of H-pyrrole nitrogens is 1. The predicted molar refractivity (Wildman–Crippen MR) is 176 cm³/mol. The van der Waals surface area contributed by atoms with Crippen LogP contribution in [0, 0.1) is 5.82 Å². The van der Waals surface area contributed by atoms with Crippen molar-refractivity contribution in [2.45, 2.75) is 41.4 Å². The number of amidine groups is 1. The lowest BCUT2D eigenvalue weighted by molar-refractivity contribution is -0.502. The Bertz CT molecular complexity index is 1970. The van der Waals surface area contributed by atoms with Gasteiger partial charge in [-0.1, -0.05) is 53.3 Å². The number of rotatable bonds is 8. The number of hydrogen-bond acceptors (Lipinski definition) is 6. The van der Waals surface area contributed by atoms with Gasteiger partial charge in [0.25, 0.3) is 11.5 Å². The fourth-order valence-electron chi connectivity index (χ4n) is 4.87. The van der Waals surface area contributed by atoms with Gasteiger partial charge >= 0.3 is 11.9 Å². The molecule has 0 aliphatic carbocycles. The molecule has 2 amide bonds. The van der Waals surface area contributed by atoms with Gasteiger partial charge < -0.3 is 10.4 Å². The number of aromatic amines is 1. The van der Waals surface area contributed by atoms with Crippen molar-refractivity contribution < 1.29 is 23.4 Å². The van der Waals surface area contributed by atoms with Crippen LogP contribution in [0.1, 0.15) is 25.8 Å². The molecule has 3 heterocycles. The first-order chi connectivity index (χ1) is 21.7. The van der Waals surface area contributed by atoms with Crippen LogP contribution in [0.4, 0.5) is 14.9 Å². The summed E-state index contributed by atoms with van der Waals surface area (Å²) in [7, 11) is 0. The molecule has 0 spiro atoms. The van der Waals surface area contributed by atoms with Gasteiger partial charge in [0.15, 0.2) is 5.69 Å². The van der Waals surface area contributed by atoms with Gasteiger partial charge in [-0.25, -0.2) is 9.18 Å². The predicted octanol–water partition coefficient (Wildman–Crippen LogP) is 6.25. The largest absolute Gasteiger partial charge is 0.508 e. The molecule has 1 aliphatic heterocycles. The van der Waals surface area contributed by atoms with Crippen molar-refractivity contribution >= 4 is 52.4 Å². The highest BCUT2D eigenvalue weighted by Crippen LogP contribution is 2.32. The molecule has 6 rings (SSSR count). The van der Waals surface area contributed by atoms with Crippen LogP contribution < -0.4 is 15.0 Å². The lowest BCUT2D eigenvalue weighted by atomic mass is 10.0. The highest BCUT2D eigenvalue weighted by atomic mass is 32.2. The van der Waals surface area contributed by atoms with E-state index in [4.69, 9.17) is 5.10 Å². The number of pyridine rings is 1. The topological polar surface area (TPSA) is 110 Å². The minimum absolute atomic E-state index is 0.118. The summed E-state index contributed by atoms with van der Waals surface area (Å²) in [5.74, 6) is 0.859. The SMILES string of the molecule is CSC(C)(C)C1=N[N+](c2cccc(O)c2)=C(NC(=O)NCc2ccccc2Sc2ccc3[nH]nc(-c4ccccc4F)[n+]3c2)C1. The molecule has 9 nitrogen and oxygen atoms in total. The molecule has 0 radical (unpaired) electrons. The third kappa shape index (κ3) is 6.57. The number of benzene rings is 3. The summed E-state index contributed by atoms with van der Waals surface area (Å²) in [6.07, 6.45) is 4.41. The summed E-state index contributed by atoms with van der Waals surface area (Å²) < 4.78 is 17.8. The molecule has 45 heavy (non-hydrogen) atoms. The van der Waals surface area contributed by atoms with E-state index in [1.54, 1.807) is 64.6 Å². The summed E-state index contributed by atoms with van der Waals surface area (Å²) >= 11 is 3.23. The lowest BCUT2D eigenvalue weighted by Gasteiger charge is -2.20. The van der Waals surface area contributed by atoms with Crippen molar-refractivity contribution in [1.29, 1.82) is 0 Å². The summed E-state index contributed by atoms with van der Waals surface area (Å²) in [5.41, 5.74) is 3.65. The van der Waals surface area contributed by atoms with E-state index in [1.807, 2.05) is 59.3 Å². The van der Waals surface area contributed by atoms with Gasteiger partial charge in [0.2, 0.25) is 0 Å². The monoisotopic (exact) mass is 641 g/mol. The molecule has 0 unspecified atom stereocenters. The van der Waals surface area contributed by atoms with Crippen LogP contribution in [0.15, 0.2) is 106 Å². The molecule has 3 aromatic carbocycles. The first-order valence-electron chi connectivity index (χ1n) is 14.3. The van der Waals surface area contributed by atoms with E-state index in [9.17, 15) is 14.3 Å². The number of halogens is 1. The van der Waals surface area contributed by atoms with Gasteiger partial charge in [-0.05, 0) is 62.1 Å². The van der Waals surface area contributed by atoms with Gasteiger partial charge in [-0.15, -0.1) is 9.78 Å². The normalized spacial score (nSPS) is 13.3. The first-order valence-corrected chi connectivity index (χ1v) is 16.3. The van der Waals surface area contributed by atoms with Gasteiger partial charge in [-0.3, -0.25) is 0 Å². The number of amides is 2. The number of hydrazone groups is 1. The number of phenols is 1. The van der Waals surface area contributed by atoms with Crippen molar-refractivity contribution in [3.8, 4) is 17.1 Å². The standard InChI is InChI=1S/C33H30FN7O2S2/c1-33(2,44-3)28-18-30(41(39-28)22-10-8-11-23(42)17-22)36-32(43)35-19-21-9-4-7-14-27(21)45-24-15-16-29-37-38-31(40(29)20-24)25-12-5-6-13-26(25)34/h4-17,20H,18-19H2,1-3H3,(H2,35,42,43)/p+2. The fraction of sp³-hybridized carbons (Fsp3) is 0.182. The van der Waals surface area contributed by atoms with Crippen LogP contribution in [0.3, 0.4) is 0 Å². The number of nitrogens with one attached hydrogen (secondary N) is 3. The number of urea groups is 1. The molecule has 0 saturated carbocycles. The Morgan fingerprint density at radius 1 is 1.07 bits per heavy atom. The zero-order valence-corrected chi connectivity index (χ0v) is 26.5. The average Bonchev–Trinajstić information content (AvgIpc) is 3.66. The zero-order chi connectivity index (χ0) is 31.6. The molecule has 0 atom stereocenters. The van der Waals surface area contributed by atoms with Crippen molar-refractivity contribution in [2.75, 3.05) is 6.26 Å². The summed E-state index contributed by atoms with van der Waals surface area (Å²) in [6, 6.07) is 24.7. The van der Waals surface area contributed by atoms with Gasteiger partial charge in [0.05, 0.1) is 28.6 Å². The summed E-state index contributed by atoms with van der Waals surface area (Å²) in [4.78, 5) is 15.1. The molecule has 228 valence electrons. The second-order valence-corrected chi connectivity index (χ2v) is 13.4. The number of aromatic nitrogens is 3. The maximum absolute atomic E-state index is 14.5. The van der Waals surface area contributed by atoms with E-state index in [0.717, 1.165) is 26.7 Å². The second kappa shape index (κ2) is 12.7. The van der Waals surface area contributed by atoms with E-state index in [1.165, 1.54) is 6.07 Å². The fourth-order valence-corrected chi connectivity index (χ4v) is 6.18. The number of phenolic OH excluding ortho intramolecular Hbond substituents is 1. The Labute approximate surface area is 268 Å². The number of carbonyl (C=O) groups excluding carboxylic acids is 1. The van der Waals surface area contributed by atoms with Crippen LogP contribution >= 0.6 is 23.5 Å². The first kappa shape index (κ1) is 30.4. The zero-order valence-electron chi connectivity index (χ0n) is 24.9. The van der Waals surface area contributed by atoms with E-state index in [0.29, 0.717) is 35.9 Å². The molecule has 4 N–H and O–H groups in total. The minimum Gasteiger partial charge on any atom is -0.508 e.